The minimum Gasteiger partial charge on any atom is -0.370 e. The van der Waals surface area contributed by atoms with E-state index in [0.717, 1.165) is 22.3 Å². The highest BCUT2D eigenvalue weighted by atomic mass is 19.3. The van der Waals surface area contributed by atoms with Crippen LogP contribution in [0, 0.1) is 0 Å². The van der Waals surface area contributed by atoms with Crippen molar-refractivity contribution in [2.45, 2.75) is 24.8 Å². The molecule has 15 heteroatoms. The van der Waals surface area contributed by atoms with Crippen molar-refractivity contribution in [3.05, 3.63) is 23.8 Å². The topological polar surface area (TPSA) is 131 Å². The molecule has 2 rings (SSSR count). The lowest BCUT2D eigenvalue weighted by atomic mass is 10.1. The van der Waals surface area contributed by atoms with E-state index in [4.69, 9.17) is 10.5 Å². The van der Waals surface area contributed by atoms with Crippen LogP contribution in [-0.2, 0) is 23.9 Å². The maximum atomic E-state index is 13.5. The zero-order chi connectivity index (χ0) is 24.2. The van der Waals surface area contributed by atoms with Gasteiger partial charge in [-0.1, -0.05) is 0 Å². The van der Waals surface area contributed by atoms with E-state index >= 15 is 0 Å². The Morgan fingerprint density at radius 2 is 1.81 bits per heavy atom. The van der Waals surface area contributed by atoms with Gasteiger partial charge in [0.15, 0.2) is 6.04 Å². The summed E-state index contributed by atoms with van der Waals surface area (Å²) in [6, 6.07) is 0.406. The molecule has 4 amide bonds. The predicted octanol–water partition coefficient (Wildman–Crippen LogP) is 0.796. The monoisotopic (exact) mass is 470 g/mol. The fourth-order valence-corrected chi connectivity index (χ4v) is 2.60. The number of alkyl halides is 6. The number of ether oxygens (including phenoxy) is 1. The molecule has 0 spiro atoms. The zero-order valence-corrected chi connectivity index (χ0v) is 15.9. The summed E-state index contributed by atoms with van der Waals surface area (Å²) in [7, 11) is 0. The van der Waals surface area contributed by atoms with Gasteiger partial charge in [0.2, 0.25) is 5.91 Å². The van der Waals surface area contributed by atoms with Crippen molar-refractivity contribution in [3.8, 4) is 0 Å². The molecule has 0 aromatic heterocycles. The Balaban J connectivity index is 2.26. The maximum absolute atomic E-state index is 13.5. The first-order valence-corrected chi connectivity index (χ1v) is 8.73. The molecule has 1 aliphatic rings. The highest BCUT2D eigenvalue weighted by Crippen LogP contribution is 2.32. The Morgan fingerprint density at radius 1 is 1.16 bits per heavy atom. The number of anilines is 2. The maximum Gasteiger partial charge on any atom is 0.383 e. The molecule has 0 saturated carbocycles. The number of nitrogens with zero attached hydrogens (tertiary/aromatic N) is 1. The van der Waals surface area contributed by atoms with E-state index in [-0.39, 0.29) is 25.4 Å². The van der Waals surface area contributed by atoms with Crippen molar-refractivity contribution in [3.63, 3.8) is 0 Å². The van der Waals surface area contributed by atoms with Gasteiger partial charge in [-0.15, -0.1) is 0 Å². The molecule has 32 heavy (non-hydrogen) atoms. The second-order valence-corrected chi connectivity index (χ2v) is 6.39. The number of benzene rings is 1. The smallest absolute Gasteiger partial charge is 0.370 e. The summed E-state index contributed by atoms with van der Waals surface area (Å²) in [5.74, 6) is -11.8. The van der Waals surface area contributed by atoms with E-state index in [0.29, 0.717) is 0 Å². The van der Waals surface area contributed by atoms with Gasteiger partial charge in [-0.3, -0.25) is 19.2 Å². The zero-order valence-electron chi connectivity index (χ0n) is 15.9. The van der Waals surface area contributed by atoms with Crippen LogP contribution in [0.1, 0.15) is 12.0 Å². The third-order valence-electron chi connectivity index (χ3n) is 4.22. The Labute approximate surface area is 175 Å². The third-order valence-corrected chi connectivity index (χ3v) is 4.22. The number of halogens is 6. The molecule has 0 unspecified atom stereocenters. The molecule has 176 valence electrons. The van der Waals surface area contributed by atoms with Gasteiger partial charge >= 0.3 is 12.3 Å². The van der Waals surface area contributed by atoms with Gasteiger partial charge in [0.1, 0.15) is 6.61 Å². The summed E-state index contributed by atoms with van der Waals surface area (Å²) in [4.78, 5) is 47.9. The molecular formula is C17H16F6N4O5. The summed E-state index contributed by atoms with van der Waals surface area (Å²) in [6.45, 7) is -0.0510. The second kappa shape index (κ2) is 9.84. The molecule has 1 aliphatic heterocycles. The van der Waals surface area contributed by atoms with E-state index in [1.807, 2.05) is 0 Å². The standard InChI is InChI=1S/C17H16F6N4O5/c18-12(19)8-5-7(27-3-4-32-6-10(27)28)1-2-9(8)25-14(30)11(13(24)29)26-16(31)17(22,23)15(20)21/h1-2,5,11-12,15H,3-4,6H2,(H2,24,29)(H,25,30)(H,26,31)/t11-/m0/s1. The molecule has 0 bridgehead atoms. The second-order valence-electron chi connectivity index (χ2n) is 6.39. The molecule has 1 saturated heterocycles. The number of nitrogens with one attached hydrogen (secondary N) is 2. The number of hydrogen-bond acceptors (Lipinski definition) is 5. The summed E-state index contributed by atoms with van der Waals surface area (Å²) in [5.41, 5.74) is 3.47. The minimum atomic E-state index is -5.24. The fourth-order valence-electron chi connectivity index (χ4n) is 2.60. The van der Waals surface area contributed by atoms with Crippen molar-refractivity contribution < 1.29 is 50.3 Å². The van der Waals surface area contributed by atoms with Crippen LogP contribution in [0.2, 0.25) is 0 Å². The Morgan fingerprint density at radius 3 is 2.34 bits per heavy atom. The van der Waals surface area contributed by atoms with Gasteiger partial charge in [0.25, 0.3) is 24.1 Å². The van der Waals surface area contributed by atoms with E-state index in [1.54, 1.807) is 5.32 Å². The van der Waals surface area contributed by atoms with Crippen LogP contribution in [0.25, 0.3) is 0 Å². The van der Waals surface area contributed by atoms with Crippen LogP contribution in [-0.4, -0.2) is 61.8 Å². The summed E-state index contributed by atoms with van der Waals surface area (Å²) in [5, 5.41) is 2.87. The van der Waals surface area contributed by atoms with Crippen molar-refractivity contribution >= 4 is 35.0 Å². The molecule has 1 heterocycles. The molecule has 9 nitrogen and oxygen atoms in total. The van der Waals surface area contributed by atoms with Crippen LogP contribution in [0.5, 0.6) is 0 Å². The predicted molar refractivity (Wildman–Crippen MR) is 95.3 cm³/mol. The third kappa shape index (κ3) is 5.46. The molecule has 1 fully saturated rings. The van der Waals surface area contributed by atoms with Crippen LogP contribution in [0.15, 0.2) is 18.2 Å². The van der Waals surface area contributed by atoms with Crippen LogP contribution in [0.4, 0.5) is 37.7 Å². The van der Waals surface area contributed by atoms with Gasteiger partial charge < -0.3 is 26.0 Å². The molecular weight excluding hydrogens is 454 g/mol. The van der Waals surface area contributed by atoms with Gasteiger partial charge in [-0.2, -0.15) is 8.78 Å². The van der Waals surface area contributed by atoms with Crippen LogP contribution >= 0.6 is 0 Å². The fraction of sp³-hybridized carbons (Fsp3) is 0.412. The lowest BCUT2D eigenvalue weighted by molar-refractivity contribution is -0.171. The average Bonchev–Trinajstić information content (AvgIpc) is 2.71. The molecule has 0 radical (unpaired) electrons. The van der Waals surface area contributed by atoms with E-state index < -0.39 is 59.7 Å². The van der Waals surface area contributed by atoms with Crippen molar-refractivity contribution in [1.82, 2.24) is 5.32 Å². The van der Waals surface area contributed by atoms with Crippen LogP contribution in [0.3, 0.4) is 0 Å². The van der Waals surface area contributed by atoms with Crippen LogP contribution < -0.4 is 21.3 Å². The van der Waals surface area contributed by atoms with Gasteiger partial charge in [0, 0.05) is 23.5 Å². The molecule has 1 aromatic carbocycles. The van der Waals surface area contributed by atoms with E-state index in [1.165, 1.54) is 6.07 Å². The van der Waals surface area contributed by atoms with Gasteiger partial charge in [-0.25, -0.2) is 17.6 Å². The first-order chi connectivity index (χ1) is 14.9. The highest BCUT2D eigenvalue weighted by Gasteiger charge is 2.50. The molecule has 0 aliphatic carbocycles. The Bertz CT molecular complexity index is 913. The number of carbonyl (C=O) groups excluding carboxylic acids is 4. The number of nitrogens with two attached hydrogens (primary N) is 1. The van der Waals surface area contributed by atoms with Gasteiger partial charge in [-0.05, 0) is 18.2 Å². The van der Waals surface area contributed by atoms with Crippen molar-refractivity contribution in [2.75, 3.05) is 30.0 Å². The summed E-state index contributed by atoms with van der Waals surface area (Å²) in [6.07, 6.45) is -7.65. The first-order valence-electron chi connectivity index (χ1n) is 8.73. The number of amides is 4. The lowest BCUT2D eigenvalue weighted by Gasteiger charge is -2.27. The lowest BCUT2D eigenvalue weighted by Crippen LogP contribution is -2.57. The Hall–Kier alpha value is -3.36. The number of morpholine rings is 1. The first kappa shape index (κ1) is 24.9. The largest absolute Gasteiger partial charge is 0.383 e. The highest BCUT2D eigenvalue weighted by molar-refractivity contribution is 6.12. The molecule has 1 aromatic rings. The van der Waals surface area contributed by atoms with E-state index in [2.05, 4.69) is 0 Å². The molecule has 1 atom stereocenters. The number of carbonyl (C=O) groups is 4. The van der Waals surface area contributed by atoms with Crippen molar-refractivity contribution in [1.29, 1.82) is 0 Å². The normalized spacial score (nSPS) is 15.6. The SMILES string of the molecule is NC(=O)[C@H](NC(=O)C(F)(F)C(F)F)C(=O)Nc1ccc(N2CCOCC2=O)cc1C(F)F. The minimum absolute atomic E-state index is 0.0444. The van der Waals surface area contributed by atoms with Gasteiger partial charge in [0.05, 0.1) is 6.61 Å². The Kier molecular flexibility index (Phi) is 7.66. The number of primary amides is 1. The van der Waals surface area contributed by atoms with E-state index in [9.17, 15) is 45.5 Å². The average molecular weight is 470 g/mol. The summed E-state index contributed by atoms with van der Waals surface area (Å²) >= 11 is 0. The number of hydrogen-bond donors (Lipinski definition) is 3. The summed E-state index contributed by atoms with van der Waals surface area (Å²) < 4.78 is 82.7. The number of rotatable bonds is 8. The quantitative estimate of drug-likeness (QED) is 0.382. The van der Waals surface area contributed by atoms with Crippen molar-refractivity contribution in [2.24, 2.45) is 5.73 Å². The molecule has 4 N–H and O–H groups in total.